The quantitative estimate of drug-likeness (QED) is 0.616. The van der Waals surface area contributed by atoms with Crippen LogP contribution in [0.15, 0.2) is 0 Å². The molecule has 0 aliphatic carbocycles. The van der Waals surface area contributed by atoms with Crippen LogP contribution in [0.3, 0.4) is 0 Å². The molecule has 1 atom stereocenters. The van der Waals surface area contributed by atoms with Crippen LogP contribution in [0, 0.1) is 6.92 Å². The van der Waals surface area contributed by atoms with Crippen molar-refractivity contribution in [2.24, 2.45) is 0 Å². The Hall–Kier alpha value is -0.0900. The Morgan fingerprint density at radius 3 is 2.22 bits per heavy atom. The first-order valence-corrected chi connectivity index (χ1v) is 4.45. The Morgan fingerprint density at radius 2 is 2.11 bits per heavy atom. The van der Waals surface area contributed by atoms with Crippen LogP contribution in [0.5, 0.6) is 0 Å². The van der Waals surface area contributed by atoms with Gasteiger partial charge in [-0.3, -0.25) is 0 Å². The molecular formula is C5H11O3S. The lowest BCUT2D eigenvalue weighted by molar-refractivity contribution is 0.252. The molecule has 0 aliphatic heterocycles. The summed E-state index contributed by atoms with van der Waals surface area (Å²) in [6.07, 6.45) is 0.0240. The van der Waals surface area contributed by atoms with E-state index in [-0.39, 0.29) is 12.2 Å². The Labute approximate surface area is 55.6 Å². The predicted octanol–water partition coefficient (Wildman–Crippen LogP) is -0.0363. The van der Waals surface area contributed by atoms with Crippen LogP contribution < -0.4 is 0 Å². The molecule has 0 spiro atoms. The average molecular weight is 151 g/mol. The molecule has 0 aromatic carbocycles. The molecule has 3 nitrogen and oxygen atoms in total. The second-order valence-corrected chi connectivity index (χ2v) is 4.14. The summed E-state index contributed by atoms with van der Waals surface area (Å²) in [5.41, 5.74) is -1.28. The molecule has 4 heteroatoms. The highest BCUT2D eigenvalue weighted by atomic mass is 32.2. The SMILES string of the molecule is [CH2]C[C@@H](O)S(=O)(=O)CC. The molecule has 0 aromatic rings. The van der Waals surface area contributed by atoms with Gasteiger partial charge in [0.25, 0.3) is 0 Å². The molecule has 0 saturated carbocycles. The molecule has 0 heterocycles. The molecule has 0 unspecified atom stereocenters. The summed E-state index contributed by atoms with van der Waals surface area (Å²) < 4.78 is 21.3. The van der Waals surface area contributed by atoms with Gasteiger partial charge in [-0.25, -0.2) is 8.42 Å². The molecule has 0 fully saturated rings. The molecule has 0 aromatic heterocycles. The zero-order chi connectivity index (χ0) is 7.49. The van der Waals surface area contributed by atoms with Gasteiger partial charge in [-0.15, -0.1) is 0 Å². The Bertz CT molecular complexity index is 159. The molecule has 1 N–H and O–H groups in total. The van der Waals surface area contributed by atoms with Crippen LogP contribution in [-0.2, 0) is 9.84 Å². The monoisotopic (exact) mass is 151 g/mol. The van der Waals surface area contributed by atoms with Crippen molar-refractivity contribution < 1.29 is 13.5 Å². The molecule has 0 rings (SSSR count). The summed E-state index contributed by atoms with van der Waals surface area (Å²) >= 11 is 0. The lowest BCUT2D eigenvalue weighted by atomic mass is 10.5. The molecule has 0 aliphatic rings. The number of rotatable bonds is 3. The van der Waals surface area contributed by atoms with E-state index in [0.717, 1.165) is 0 Å². The van der Waals surface area contributed by atoms with Crippen LogP contribution >= 0.6 is 0 Å². The predicted molar refractivity (Wildman–Crippen MR) is 35.4 cm³/mol. The van der Waals surface area contributed by atoms with Gasteiger partial charge in [-0.1, -0.05) is 6.92 Å². The molecule has 0 saturated heterocycles. The summed E-state index contributed by atoms with van der Waals surface area (Å²) in [4.78, 5) is 0. The largest absolute Gasteiger partial charge is 0.377 e. The van der Waals surface area contributed by atoms with E-state index in [9.17, 15) is 8.42 Å². The lowest BCUT2D eigenvalue weighted by Gasteiger charge is -2.05. The van der Waals surface area contributed by atoms with Crippen molar-refractivity contribution in [1.82, 2.24) is 0 Å². The first-order valence-electron chi connectivity index (χ1n) is 2.73. The number of hydrogen-bond acceptors (Lipinski definition) is 3. The molecule has 0 bridgehead atoms. The van der Waals surface area contributed by atoms with Crippen molar-refractivity contribution in [2.45, 2.75) is 18.8 Å². The maximum Gasteiger partial charge on any atom is 0.176 e. The third-order valence-electron chi connectivity index (χ3n) is 1.06. The zero-order valence-corrected chi connectivity index (χ0v) is 6.19. The third-order valence-corrected chi connectivity index (χ3v) is 2.93. The smallest absolute Gasteiger partial charge is 0.176 e. The molecule has 1 radical (unpaired) electrons. The van der Waals surface area contributed by atoms with Gasteiger partial charge in [-0.05, 0) is 13.3 Å². The van der Waals surface area contributed by atoms with Crippen LogP contribution in [0.25, 0.3) is 0 Å². The van der Waals surface area contributed by atoms with Crippen molar-refractivity contribution >= 4 is 9.84 Å². The van der Waals surface area contributed by atoms with Crippen molar-refractivity contribution in [3.05, 3.63) is 6.92 Å². The van der Waals surface area contributed by atoms with E-state index in [1.165, 1.54) is 6.92 Å². The molecule has 0 amide bonds. The third kappa shape index (κ3) is 2.32. The maximum atomic E-state index is 10.6. The van der Waals surface area contributed by atoms with E-state index >= 15 is 0 Å². The highest BCUT2D eigenvalue weighted by Gasteiger charge is 2.17. The average Bonchev–Trinajstić information content (AvgIpc) is 1.86. The van der Waals surface area contributed by atoms with Gasteiger partial charge in [0.15, 0.2) is 15.3 Å². The fourth-order valence-corrected chi connectivity index (χ4v) is 1.12. The van der Waals surface area contributed by atoms with E-state index in [2.05, 4.69) is 6.92 Å². The summed E-state index contributed by atoms with van der Waals surface area (Å²) in [7, 11) is -3.26. The Kier molecular flexibility index (Phi) is 3.14. The second-order valence-electron chi connectivity index (χ2n) is 1.69. The van der Waals surface area contributed by atoms with E-state index in [0.29, 0.717) is 0 Å². The van der Waals surface area contributed by atoms with E-state index in [1.807, 2.05) is 0 Å². The van der Waals surface area contributed by atoms with Crippen LogP contribution in [-0.4, -0.2) is 24.7 Å². The zero-order valence-electron chi connectivity index (χ0n) is 5.37. The minimum Gasteiger partial charge on any atom is -0.377 e. The molecular weight excluding hydrogens is 140 g/mol. The normalized spacial score (nSPS) is 15.4. The number of aliphatic hydroxyl groups excluding tert-OH is 1. The highest BCUT2D eigenvalue weighted by molar-refractivity contribution is 7.91. The molecule has 55 valence electrons. The van der Waals surface area contributed by atoms with Crippen LogP contribution in [0.1, 0.15) is 13.3 Å². The van der Waals surface area contributed by atoms with E-state index in [1.54, 1.807) is 0 Å². The van der Waals surface area contributed by atoms with Crippen molar-refractivity contribution in [1.29, 1.82) is 0 Å². The summed E-state index contributed by atoms with van der Waals surface area (Å²) in [5.74, 6) is -0.0241. The lowest BCUT2D eigenvalue weighted by Crippen LogP contribution is -2.21. The minimum absolute atomic E-state index is 0.0240. The summed E-state index contributed by atoms with van der Waals surface area (Å²) in [6.45, 7) is 4.76. The fraction of sp³-hybridized carbons (Fsp3) is 0.800. The minimum atomic E-state index is -3.26. The number of hydrogen-bond donors (Lipinski definition) is 1. The van der Waals surface area contributed by atoms with Gasteiger partial charge in [0.2, 0.25) is 0 Å². The van der Waals surface area contributed by atoms with E-state index in [4.69, 9.17) is 5.11 Å². The van der Waals surface area contributed by atoms with Crippen molar-refractivity contribution in [3.63, 3.8) is 0 Å². The Balaban J connectivity index is 4.17. The topological polar surface area (TPSA) is 54.4 Å². The maximum absolute atomic E-state index is 10.6. The number of sulfone groups is 1. The number of aliphatic hydroxyl groups is 1. The van der Waals surface area contributed by atoms with E-state index < -0.39 is 15.3 Å². The standard InChI is InChI=1S/C5H11O3S/c1-3-5(6)9(7,8)4-2/h5-6H,1,3-4H2,2H3/t5-/m0/s1. The fourth-order valence-electron chi connectivity index (χ4n) is 0.372. The summed E-state index contributed by atoms with van der Waals surface area (Å²) in [6, 6.07) is 0. The van der Waals surface area contributed by atoms with Crippen molar-refractivity contribution in [2.75, 3.05) is 5.75 Å². The first-order chi connectivity index (χ1) is 4.04. The molecule has 9 heavy (non-hydrogen) atoms. The summed E-state index contributed by atoms with van der Waals surface area (Å²) in [5, 5.41) is 8.74. The highest BCUT2D eigenvalue weighted by Crippen LogP contribution is 2.01. The van der Waals surface area contributed by atoms with Crippen LogP contribution in [0.4, 0.5) is 0 Å². The second kappa shape index (κ2) is 3.17. The van der Waals surface area contributed by atoms with Gasteiger partial charge in [0, 0.05) is 5.75 Å². The van der Waals surface area contributed by atoms with Gasteiger partial charge < -0.3 is 5.11 Å². The van der Waals surface area contributed by atoms with Crippen LogP contribution in [0.2, 0.25) is 0 Å². The van der Waals surface area contributed by atoms with Gasteiger partial charge in [0.05, 0.1) is 0 Å². The van der Waals surface area contributed by atoms with Gasteiger partial charge >= 0.3 is 0 Å². The van der Waals surface area contributed by atoms with Gasteiger partial charge in [-0.2, -0.15) is 0 Å². The first kappa shape index (κ1) is 8.91. The van der Waals surface area contributed by atoms with Crippen molar-refractivity contribution in [3.8, 4) is 0 Å². The Morgan fingerprint density at radius 1 is 1.67 bits per heavy atom. The van der Waals surface area contributed by atoms with Gasteiger partial charge in [0.1, 0.15) is 0 Å².